The second-order valence-corrected chi connectivity index (χ2v) is 4.84. The Kier molecular flexibility index (Phi) is 3.91. The van der Waals surface area contributed by atoms with Crippen LogP contribution in [-0.2, 0) is 17.8 Å². The predicted molar refractivity (Wildman–Crippen MR) is 79.6 cm³/mol. The van der Waals surface area contributed by atoms with Crippen LogP contribution in [0.25, 0.3) is 5.65 Å². The van der Waals surface area contributed by atoms with Gasteiger partial charge >= 0.3 is 0 Å². The van der Waals surface area contributed by atoms with E-state index in [0.29, 0.717) is 19.4 Å². The first-order valence-electron chi connectivity index (χ1n) is 6.89. The Labute approximate surface area is 122 Å². The van der Waals surface area contributed by atoms with Crippen LogP contribution in [0, 0.1) is 0 Å². The maximum Gasteiger partial charge on any atom is 0.220 e. The minimum atomic E-state index is 0.0240. The molecule has 1 amide bonds. The van der Waals surface area contributed by atoms with Crippen LogP contribution in [0.1, 0.15) is 17.7 Å². The first-order valence-corrected chi connectivity index (χ1v) is 6.89. The number of carbonyl (C=O) groups excluding carboxylic acids is 1. The molecule has 0 radical (unpaired) electrons. The van der Waals surface area contributed by atoms with Crippen molar-refractivity contribution in [2.45, 2.75) is 19.4 Å². The molecule has 3 aromatic rings. The lowest BCUT2D eigenvalue weighted by molar-refractivity contribution is -0.121. The largest absolute Gasteiger partial charge is 0.350 e. The summed E-state index contributed by atoms with van der Waals surface area (Å²) in [7, 11) is 0. The van der Waals surface area contributed by atoms with E-state index in [1.54, 1.807) is 12.4 Å². The number of imidazole rings is 1. The maximum atomic E-state index is 11.8. The zero-order chi connectivity index (χ0) is 14.5. The van der Waals surface area contributed by atoms with Gasteiger partial charge in [0.1, 0.15) is 5.65 Å². The Morgan fingerprint density at radius 1 is 1.24 bits per heavy atom. The van der Waals surface area contributed by atoms with E-state index in [2.05, 4.69) is 15.3 Å². The molecule has 5 nitrogen and oxygen atoms in total. The molecule has 5 heteroatoms. The summed E-state index contributed by atoms with van der Waals surface area (Å²) in [4.78, 5) is 20.3. The van der Waals surface area contributed by atoms with Gasteiger partial charge in [0.2, 0.25) is 5.91 Å². The van der Waals surface area contributed by atoms with Crippen molar-refractivity contribution in [1.82, 2.24) is 19.7 Å². The molecule has 0 unspecified atom stereocenters. The summed E-state index contributed by atoms with van der Waals surface area (Å²) in [6, 6.07) is 9.68. The quantitative estimate of drug-likeness (QED) is 0.777. The number of nitrogens with one attached hydrogen (secondary N) is 1. The van der Waals surface area contributed by atoms with Gasteiger partial charge in [-0.1, -0.05) is 12.1 Å². The summed E-state index contributed by atoms with van der Waals surface area (Å²) in [5.74, 6) is 0.0240. The van der Waals surface area contributed by atoms with Crippen molar-refractivity contribution in [2.75, 3.05) is 0 Å². The molecule has 3 heterocycles. The zero-order valence-electron chi connectivity index (χ0n) is 11.6. The fourth-order valence-corrected chi connectivity index (χ4v) is 2.15. The van der Waals surface area contributed by atoms with Gasteiger partial charge in [0.05, 0.1) is 12.2 Å². The second-order valence-electron chi connectivity index (χ2n) is 4.84. The molecule has 0 spiro atoms. The lowest BCUT2D eigenvalue weighted by Crippen LogP contribution is -2.23. The van der Waals surface area contributed by atoms with E-state index in [-0.39, 0.29) is 5.91 Å². The van der Waals surface area contributed by atoms with Crippen molar-refractivity contribution in [3.05, 3.63) is 66.4 Å². The Morgan fingerprint density at radius 2 is 2.19 bits per heavy atom. The topological polar surface area (TPSA) is 59.3 Å². The highest BCUT2D eigenvalue weighted by Crippen LogP contribution is 2.04. The molecule has 3 rings (SSSR count). The summed E-state index contributed by atoms with van der Waals surface area (Å²) in [5.41, 5.74) is 2.81. The molecule has 0 aliphatic carbocycles. The van der Waals surface area contributed by atoms with E-state index in [1.165, 1.54) is 0 Å². The molecule has 0 atom stereocenters. The van der Waals surface area contributed by atoms with Crippen LogP contribution >= 0.6 is 0 Å². The first-order chi connectivity index (χ1) is 10.3. The van der Waals surface area contributed by atoms with Crippen molar-refractivity contribution in [2.24, 2.45) is 0 Å². The van der Waals surface area contributed by atoms with Gasteiger partial charge in [-0.15, -0.1) is 0 Å². The van der Waals surface area contributed by atoms with Crippen LogP contribution in [0.3, 0.4) is 0 Å². The Balaban J connectivity index is 1.51. The van der Waals surface area contributed by atoms with Gasteiger partial charge in [-0.2, -0.15) is 0 Å². The minimum Gasteiger partial charge on any atom is -0.350 e. The fourth-order valence-electron chi connectivity index (χ4n) is 2.15. The Hall–Kier alpha value is -2.69. The molecule has 0 saturated heterocycles. The van der Waals surface area contributed by atoms with Gasteiger partial charge in [0.25, 0.3) is 0 Å². The molecule has 0 fully saturated rings. The number of carbonyl (C=O) groups is 1. The molecule has 0 aliphatic heterocycles. The van der Waals surface area contributed by atoms with Crippen LogP contribution in [0.4, 0.5) is 0 Å². The van der Waals surface area contributed by atoms with E-state index >= 15 is 0 Å². The lowest BCUT2D eigenvalue weighted by Gasteiger charge is -2.03. The molecule has 0 aromatic carbocycles. The molecular formula is C16H16N4O. The monoisotopic (exact) mass is 280 g/mol. The molecule has 1 N–H and O–H groups in total. The van der Waals surface area contributed by atoms with Gasteiger partial charge in [-0.25, -0.2) is 4.98 Å². The standard InChI is InChI=1S/C16H16N4O/c21-16(7-6-13-4-3-8-17-10-13)18-11-14-12-20-9-2-1-5-15(20)19-14/h1-5,8-10,12H,6-7,11H2,(H,18,21). The zero-order valence-corrected chi connectivity index (χ0v) is 11.6. The van der Waals surface area contributed by atoms with E-state index in [4.69, 9.17) is 0 Å². The van der Waals surface area contributed by atoms with E-state index in [9.17, 15) is 4.79 Å². The number of rotatable bonds is 5. The van der Waals surface area contributed by atoms with Crippen LogP contribution in [0.5, 0.6) is 0 Å². The first kappa shape index (κ1) is 13.3. The third-order valence-corrected chi connectivity index (χ3v) is 3.24. The normalized spacial score (nSPS) is 10.7. The molecule has 0 bridgehead atoms. The average Bonchev–Trinajstić information content (AvgIpc) is 2.95. The van der Waals surface area contributed by atoms with E-state index in [1.807, 2.05) is 47.1 Å². The molecule has 0 aliphatic rings. The summed E-state index contributed by atoms with van der Waals surface area (Å²) in [5, 5.41) is 2.89. The van der Waals surface area contributed by atoms with Crippen LogP contribution < -0.4 is 5.32 Å². The maximum absolute atomic E-state index is 11.8. The molecule has 106 valence electrons. The van der Waals surface area contributed by atoms with Gasteiger partial charge in [-0.3, -0.25) is 9.78 Å². The molecular weight excluding hydrogens is 264 g/mol. The smallest absolute Gasteiger partial charge is 0.220 e. The molecule has 0 saturated carbocycles. The van der Waals surface area contributed by atoms with Crippen molar-refractivity contribution in [3.63, 3.8) is 0 Å². The average molecular weight is 280 g/mol. The molecule has 3 aromatic heterocycles. The second kappa shape index (κ2) is 6.17. The van der Waals surface area contributed by atoms with Crippen LogP contribution in [0.15, 0.2) is 55.1 Å². The highest BCUT2D eigenvalue weighted by molar-refractivity contribution is 5.76. The number of amides is 1. The highest BCUT2D eigenvalue weighted by Gasteiger charge is 2.05. The lowest BCUT2D eigenvalue weighted by atomic mass is 10.1. The number of aromatic nitrogens is 3. The van der Waals surface area contributed by atoms with Crippen molar-refractivity contribution < 1.29 is 4.79 Å². The third kappa shape index (κ3) is 3.45. The minimum absolute atomic E-state index is 0.0240. The van der Waals surface area contributed by atoms with Crippen LogP contribution in [0.2, 0.25) is 0 Å². The number of aryl methyl sites for hydroxylation is 1. The van der Waals surface area contributed by atoms with Crippen LogP contribution in [-0.4, -0.2) is 20.3 Å². The van der Waals surface area contributed by atoms with Gasteiger partial charge in [0, 0.05) is 31.2 Å². The summed E-state index contributed by atoms with van der Waals surface area (Å²) < 4.78 is 1.94. The summed E-state index contributed by atoms with van der Waals surface area (Å²) >= 11 is 0. The van der Waals surface area contributed by atoms with Crippen molar-refractivity contribution in [1.29, 1.82) is 0 Å². The summed E-state index contributed by atoms with van der Waals surface area (Å²) in [6.07, 6.45) is 8.54. The number of hydrogen-bond acceptors (Lipinski definition) is 3. The van der Waals surface area contributed by atoms with Gasteiger partial charge < -0.3 is 9.72 Å². The van der Waals surface area contributed by atoms with E-state index < -0.39 is 0 Å². The van der Waals surface area contributed by atoms with Gasteiger partial charge in [-0.05, 0) is 30.2 Å². The van der Waals surface area contributed by atoms with Crippen molar-refractivity contribution >= 4 is 11.6 Å². The summed E-state index contributed by atoms with van der Waals surface area (Å²) in [6.45, 7) is 0.452. The number of fused-ring (bicyclic) bond motifs is 1. The number of hydrogen-bond donors (Lipinski definition) is 1. The molecule has 21 heavy (non-hydrogen) atoms. The highest BCUT2D eigenvalue weighted by atomic mass is 16.1. The number of nitrogens with zero attached hydrogens (tertiary/aromatic N) is 3. The SMILES string of the molecule is O=C(CCc1cccnc1)NCc1cn2ccccc2n1. The Bertz CT molecular complexity index is 703. The predicted octanol–water partition coefficient (Wildman–Crippen LogP) is 1.98. The van der Waals surface area contributed by atoms with Gasteiger partial charge in [0.15, 0.2) is 0 Å². The fraction of sp³-hybridized carbons (Fsp3) is 0.188. The van der Waals surface area contributed by atoms with Crippen molar-refractivity contribution in [3.8, 4) is 0 Å². The third-order valence-electron chi connectivity index (χ3n) is 3.24. The van der Waals surface area contributed by atoms with E-state index in [0.717, 1.165) is 16.9 Å². The number of pyridine rings is 2. The Morgan fingerprint density at radius 3 is 3.00 bits per heavy atom.